The summed E-state index contributed by atoms with van der Waals surface area (Å²) in [4.78, 5) is 23.7. The number of aryl methyl sites for hydroxylation is 1. The normalized spacial score (nSPS) is 26.5. The number of carbonyl (C=O) groups is 1. The Morgan fingerprint density at radius 2 is 1.83 bits per heavy atom. The van der Waals surface area contributed by atoms with Crippen LogP contribution < -0.4 is 14.8 Å². The van der Waals surface area contributed by atoms with Gasteiger partial charge in [-0.2, -0.15) is 11.8 Å². The molecule has 2 aromatic carbocycles. The first kappa shape index (κ1) is 42.9. The molecule has 3 N–H and O–H groups in total. The lowest BCUT2D eigenvalue weighted by Crippen LogP contribution is -2.64. The smallest absolute Gasteiger partial charge is 0.412 e. The van der Waals surface area contributed by atoms with Crippen molar-refractivity contribution in [1.29, 1.82) is 0 Å². The van der Waals surface area contributed by atoms with Crippen molar-refractivity contribution < 1.29 is 38.8 Å². The number of unbranched alkanes of at least 4 members (excludes halogenated alkanes) is 2. The highest BCUT2D eigenvalue weighted by Crippen LogP contribution is 2.62. The highest BCUT2D eigenvalue weighted by Gasteiger charge is 2.64. The topological polar surface area (TPSA) is 141 Å². The molecule has 1 aromatic heterocycles. The van der Waals surface area contributed by atoms with Crippen molar-refractivity contribution >= 4 is 23.6 Å². The molecule has 7 atom stereocenters. The summed E-state index contributed by atoms with van der Waals surface area (Å²) in [6.07, 6.45) is 15.9. The number of aromatic nitrogens is 1. The zero-order valence-corrected chi connectivity index (χ0v) is 34.7. The van der Waals surface area contributed by atoms with Crippen LogP contribution in [0.4, 0.5) is 4.79 Å². The molecule has 7 rings (SSSR count). The van der Waals surface area contributed by atoms with Crippen LogP contribution in [0.5, 0.6) is 11.5 Å². The zero-order valence-electron chi connectivity index (χ0n) is 33.9. The van der Waals surface area contributed by atoms with Crippen LogP contribution in [-0.4, -0.2) is 76.5 Å². The molecule has 0 radical (unpaired) electrons. The first-order valence-electron chi connectivity index (χ1n) is 21.4. The fourth-order valence-electron chi connectivity index (χ4n) is 9.24. The highest BCUT2D eigenvalue weighted by atomic mass is 32.2. The second-order valence-electron chi connectivity index (χ2n) is 15.9. The molecular weight excluding hydrogens is 767 g/mol. The number of aliphatic hydroxyl groups is 2. The minimum atomic E-state index is -1.10. The van der Waals surface area contributed by atoms with Gasteiger partial charge in [0.1, 0.15) is 11.5 Å². The van der Waals surface area contributed by atoms with Crippen molar-refractivity contribution in [1.82, 2.24) is 10.3 Å². The number of benzene rings is 2. The van der Waals surface area contributed by atoms with E-state index in [1.54, 1.807) is 12.1 Å². The fraction of sp³-hybridized carbons (Fsp3) is 0.511. The van der Waals surface area contributed by atoms with Gasteiger partial charge in [-0.3, -0.25) is 4.98 Å². The molecule has 12 heteroatoms. The maximum atomic E-state index is 13.2. The van der Waals surface area contributed by atoms with Crippen molar-refractivity contribution in [3.05, 3.63) is 114 Å². The van der Waals surface area contributed by atoms with E-state index < -0.39 is 18.2 Å². The molecular formula is C47H59N3O8S. The number of hydrogen-bond donors (Lipinski definition) is 3. The zero-order chi connectivity index (χ0) is 40.9. The Kier molecular flexibility index (Phi) is 15.5. The van der Waals surface area contributed by atoms with E-state index in [0.29, 0.717) is 43.9 Å². The lowest BCUT2D eigenvalue weighted by atomic mass is 9.56. The molecule has 2 fully saturated rings. The van der Waals surface area contributed by atoms with Gasteiger partial charge in [0.25, 0.3) is 0 Å². The van der Waals surface area contributed by atoms with Crippen molar-refractivity contribution in [3.63, 3.8) is 0 Å². The maximum Gasteiger partial charge on any atom is 0.412 e. The van der Waals surface area contributed by atoms with Crippen molar-refractivity contribution in [2.45, 2.75) is 100 Å². The molecule has 3 aromatic rings. The van der Waals surface area contributed by atoms with Gasteiger partial charge in [-0.05, 0) is 110 Å². The number of nitrogens with one attached hydrogen (secondary N) is 1. The average Bonchev–Trinajstić information content (AvgIpc) is 3.27. The number of hydrogen-bond acceptors (Lipinski definition) is 11. The second-order valence-corrected chi connectivity index (χ2v) is 17.2. The molecule has 0 bridgehead atoms. The number of oxime groups is 1. The summed E-state index contributed by atoms with van der Waals surface area (Å²) < 4.78 is 26.3. The van der Waals surface area contributed by atoms with Gasteiger partial charge in [0.2, 0.25) is 12.1 Å². The Morgan fingerprint density at radius 3 is 2.59 bits per heavy atom. The molecule has 1 saturated carbocycles. The summed E-state index contributed by atoms with van der Waals surface area (Å²) >= 11 is 1.82. The van der Waals surface area contributed by atoms with Crippen molar-refractivity contribution in [3.8, 4) is 11.5 Å². The SMILES string of the molecule is C=CCOC12Oc3ccc(OC(=O)NCc4ccccc4)cc3C3C(CCCCO)C(CCCCO)C=C(C(=NOC4CCCCO4)CC1SCCc1ccncc1)C32. The third-order valence-corrected chi connectivity index (χ3v) is 13.3. The monoisotopic (exact) mass is 825 g/mol. The van der Waals surface area contributed by atoms with Gasteiger partial charge >= 0.3 is 6.09 Å². The predicted molar refractivity (Wildman–Crippen MR) is 229 cm³/mol. The van der Waals surface area contributed by atoms with Crippen LogP contribution in [0.2, 0.25) is 0 Å². The molecule has 316 valence electrons. The molecule has 11 nitrogen and oxygen atoms in total. The van der Waals surface area contributed by atoms with Crippen LogP contribution in [0.25, 0.3) is 0 Å². The van der Waals surface area contributed by atoms with Crippen molar-refractivity contribution in [2.24, 2.45) is 22.9 Å². The fourth-order valence-corrected chi connectivity index (χ4v) is 10.6. The third kappa shape index (κ3) is 10.6. The van der Waals surface area contributed by atoms with Gasteiger partial charge in [0.15, 0.2) is 0 Å². The summed E-state index contributed by atoms with van der Waals surface area (Å²) in [5.41, 5.74) is 5.05. The minimum absolute atomic E-state index is 0.118. The molecule has 1 saturated heterocycles. The number of ether oxygens (including phenoxy) is 4. The highest BCUT2D eigenvalue weighted by molar-refractivity contribution is 8.00. The van der Waals surface area contributed by atoms with Gasteiger partial charge in [-0.25, -0.2) is 4.79 Å². The quantitative estimate of drug-likeness (QED) is 0.0577. The average molecular weight is 826 g/mol. The lowest BCUT2D eigenvalue weighted by Gasteiger charge is -2.58. The number of aliphatic hydroxyl groups excluding tert-OH is 2. The lowest BCUT2D eigenvalue weighted by molar-refractivity contribution is -0.223. The summed E-state index contributed by atoms with van der Waals surface area (Å²) in [6.45, 7) is 5.57. The Labute approximate surface area is 352 Å². The number of nitrogens with zero attached hydrogens (tertiary/aromatic N) is 2. The third-order valence-electron chi connectivity index (χ3n) is 12.0. The molecule has 7 unspecified atom stereocenters. The van der Waals surface area contributed by atoms with E-state index in [1.807, 2.05) is 66.6 Å². The van der Waals surface area contributed by atoms with E-state index in [4.69, 9.17) is 28.9 Å². The van der Waals surface area contributed by atoms with Crippen LogP contribution in [0.1, 0.15) is 86.8 Å². The van der Waals surface area contributed by atoms with Gasteiger partial charge in [0, 0.05) is 56.5 Å². The molecule has 1 amide bonds. The number of pyridine rings is 1. The predicted octanol–water partition coefficient (Wildman–Crippen LogP) is 8.51. The van der Waals surface area contributed by atoms with Crippen LogP contribution in [-0.2, 0) is 27.3 Å². The van der Waals surface area contributed by atoms with Crippen LogP contribution in [0.15, 0.2) is 103 Å². The first-order valence-corrected chi connectivity index (χ1v) is 22.4. The Balaban J connectivity index is 1.31. The summed E-state index contributed by atoms with van der Waals surface area (Å²) in [5, 5.41) is 27.4. The van der Waals surface area contributed by atoms with Crippen LogP contribution >= 0.6 is 11.8 Å². The number of allylic oxidation sites excluding steroid dienone is 1. The van der Waals surface area contributed by atoms with E-state index in [9.17, 15) is 15.0 Å². The molecule has 59 heavy (non-hydrogen) atoms. The maximum absolute atomic E-state index is 13.2. The first-order chi connectivity index (χ1) is 29.0. The van der Waals surface area contributed by atoms with Gasteiger partial charge in [0.05, 0.1) is 30.1 Å². The van der Waals surface area contributed by atoms with E-state index in [0.717, 1.165) is 79.5 Å². The largest absolute Gasteiger partial charge is 0.460 e. The van der Waals surface area contributed by atoms with Gasteiger partial charge in [-0.15, -0.1) is 6.58 Å². The van der Waals surface area contributed by atoms with Crippen LogP contribution in [0, 0.1) is 17.8 Å². The number of amides is 1. The number of rotatable bonds is 20. The Morgan fingerprint density at radius 1 is 1.02 bits per heavy atom. The molecule has 3 heterocycles. The van der Waals surface area contributed by atoms with Gasteiger partial charge in [-0.1, -0.05) is 60.5 Å². The molecule has 2 aliphatic heterocycles. The summed E-state index contributed by atoms with van der Waals surface area (Å²) in [7, 11) is 0. The molecule has 4 aliphatic rings. The van der Waals surface area contributed by atoms with Crippen molar-refractivity contribution in [2.75, 3.05) is 32.2 Å². The summed E-state index contributed by atoms with van der Waals surface area (Å²) in [6, 6.07) is 19.5. The molecule has 2 aliphatic carbocycles. The van der Waals surface area contributed by atoms with E-state index >= 15 is 0 Å². The number of fused-ring (bicyclic) bond motifs is 2. The van der Waals surface area contributed by atoms with Crippen LogP contribution in [0.3, 0.4) is 0 Å². The van der Waals surface area contributed by atoms with E-state index in [-0.39, 0.29) is 48.7 Å². The van der Waals surface area contributed by atoms with Gasteiger partial charge < -0.3 is 39.3 Å². The van der Waals surface area contributed by atoms with E-state index in [2.05, 4.69) is 35.1 Å². The number of carbonyl (C=O) groups excluding carboxylic acids is 1. The summed E-state index contributed by atoms with van der Waals surface area (Å²) in [5.74, 6) is 0.660. The Bertz CT molecular complexity index is 1870. The minimum Gasteiger partial charge on any atom is -0.460 e. The molecule has 0 spiro atoms. The standard InChI is InChI=1S/C47H59N3O8S/c1-2-26-55-47-42(59-28-21-33-19-22-48-23-20-33)31-40(50-58-43-16-8-11-27-54-43)38-29-35(14-6-9-24-51)37(15-7-10-25-52)44(45(38)47)39-30-36(17-18-41(39)57-47)56-46(53)49-32-34-12-4-3-5-13-34/h2-5,12-13,17-20,22-23,29-30,35,37,42-45,51-52H,1,6-11,14-16,21,24-28,31-32H2,(H,49,53). The van der Waals surface area contributed by atoms with E-state index in [1.165, 1.54) is 5.56 Å². The number of thioether (sulfide) groups is 1. The Hall–Kier alpha value is -4.20. The second kappa shape index (κ2) is 21.4.